The van der Waals surface area contributed by atoms with E-state index in [1.165, 1.54) is 5.56 Å². The summed E-state index contributed by atoms with van der Waals surface area (Å²) in [5.74, 6) is 1.00. The Labute approximate surface area is 138 Å². The van der Waals surface area contributed by atoms with Crippen LogP contribution in [0.4, 0.5) is 5.82 Å². The minimum Gasteiger partial charge on any atom is -0.353 e. The van der Waals surface area contributed by atoms with Gasteiger partial charge in [-0.2, -0.15) is 10.2 Å². The van der Waals surface area contributed by atoms with Crippen molar-refractivity contribution in [2.45, 2.75) is 25.4 Å². The van der Waals surface area contributed by atoms with E-state index < -0.39 is 0 Å². The zero-order valence-electron chi connectivity index (χ0n) is 12.6. The van der Waals surface area contributed by atoms with Crippen LogP contribution in [-0.4, -0.2) is 51.6 Å². The van der Waals surface area contributed by atoms with Crippen molar-refractivity contribution in [3.8, 4) is 0 Å². The molecule has 2 aromatic heterocycles. The fraction of sp³-hybridized carbons (Fsp3) is 0.533. The van der Waals surface area contributed by atoms with Gasteiger partial charge in [0.2, 0.25) is 0 Å². The van der Waals surface area contributed by atoms with Crippen molar-refractivity contribution in [1.29, 1.82) is 0 Å². The van der Waals surface area contributed by atoms with E-state index in [2.05, 4.69) is 54.1 Å². The van der Waals surface area contributed by atoms with Crippen molar-refractivity contribution in [3.63, 3.8) is 0 Å². The standard InChI is InChI=1S/C15H19BrN6/c1-20-4-3-14-11(8-20)6-15(19-18-14)21-5-2-13(10-21)22-9-12(16)7-17-22/h6-7,9,13H,2-5,8,10H2,1H3. The number of likely N-dealkylation sites (N-methyl/N-ethyl adjacent to an activating group) is 1. The van der Waals surface area contributed by atoms with Gasteiger partial charge in [0.05, 0.1) is 22.4 Å². The third-order valence-electron chi connectivity index (χ3n) is 4.55. The van der Waals surface area contributed by atoms with Crippen molar-refractivity contribution < 1.29 is 0 Å². The van der Waals surface area contributed by atoms with E-state index in [4.69, 9.17) is 0 Å². The molecule has 1 atom stereocenters. The topological polar surface area (TPSA) is 50.1 Å². The average molecular weight is 363 g/mol. The number of anilines is 1. The Kier molecular flexibility index (Phi) is 3.62. The van der Waals surface area contributed by atoms with E-state index in [0.717, 1.165) is 55.0 Å². The summed E-state index contributed by atoms with van der Waals surface area (Å²) < 4.78 is 3.08. The van der Waals surface area contributed by atoms with Gasteiger partial charge in [0.15, 0.2) is 5.82 Å². The molecule has 0 N–H and O–H groups in total. The van der Waals surface area contributed by atoms with Crippen LogP contribution in [0.5, 0.6) is 0 Å². The van der Waals surface area contributed by atoms with Crippen LogP contribution in [0.1, 0.15) is 23.7 Å². The van der Waals surface area contributed by atoms with E-state index in [0.29, 0.717) is 6.04 Å². The molecule has 22 heavy (non-hydrogen) atoms. The maximum atomic E-state index is 4.45. The largest absolute Gasteiger partial charge is 0.353 e. The molecular formula is C15H19BrN6. The first kappa shape index (κ1) is 14.1. The van der Waals surface area contributed by atoms with Gasteiger partial charge in [-0.3, -0.25) is 4.68 Å². The number of halogens is 1. The summed E-state index contributed by atoms with van der Waals surface area (Å²) in [6.45, 7) is 3.99. The SMILES string of the molecule is CN1CCc2nnc(N3CCC(n4cc(Br)cn4)C3)cc2C1. The number of hydrogen-bond donors (Lipinski definition) is 0. The predicted molar refractivity (Wildman–Crippen MR) is 87.9 cm³/mol. The Bertz CT molecular complexity index is 684. The van der Waals surface area contributed by atoms with Gasteiger partial charge in [0.25, 0.3) is 0 Å². The molecule has 116 valence electrons. The third-order valence-corrected chi connectivity index (χ3v) is 4.96. The molecule has 0 aromatic carbocycles. The van der Waals surface area contributed by atoms with Gasteiger partial charge in [-0.1, -0.05) is 0 Å². The van der Waals surface area contributed by atoms with Crippen LogP contribution in [0.25, 0.3) is 0 Å². The molecule has 1 saturated heterocycles. The molecule has 1 unspecified atom stereocenters. The van der Waals surface area contributed by atoms with Gasteiger partial charge in [0.1, 0.15) is 0 Å². The zero-order valence-corrected chi connectivity index (χ0v) is 14.2. The molecule has 2 aliphatic heterocycles. The predicted octanol–water partition coefficient (Wildman–Crippen LogP) is 1.87. The molecule has 0 amide bonds. The summed E-state index contributed by atoms with van der Waals surface area (Å²) >= 11 is 3.46. The molecule has 6 nitrogen and oxygen atoms in total. The second-order valence-corrected chi connectivity index (χ2v) is 7.11. The lowest BCUT2D eigenvalue weighted by Gasteiger charge is -2.25. The lowest BCUT2D eigenvalue weighted by atomic mass is 10.1. The lowest BCUT2D eigenvalue weighted by Crippen LogP contribution is -2.29. The Balaban J connectivity index is 1.52. The second kappa shape index (κ2) is 5.62. The third kappa shape index (κ3) is 2.63. The van der Waals surface area contributed by atoms with E-state index in [1.807, 2.05) is 17.1 Å². The number of aromatic nitrogens is 4. The molecule has 0 spiro atoms. The van der Waals surface area contributed by atoms with Gasteiger partial charge >= 0.3 is 0 Å². The van der Waals surface area contributed by atoms with Crippen LogP contribution in [0, 0.1) is 0 Å². The number of hydrogen-bond acceptors (Lipinski definition) is 5. The highest BCUT2D eigenvalue weighted by Gasteiger charge is 2.26. The molecule has 1 fully saturated rings. The molecular weight excluding hydrogens is 344 g/mol. The second-order valence-electron chi connectivity index (χ2n) is 6.19. The number of fused-ring (bicyclic) bond motifs is 1. The van der Waals surface area contributed by atoms with E-state index in [1.54, 1.807) is 0 Å². The van der Waals surface area contributed by atoms with E-state index in [9.17, 15) is 0 Å². The quantitative estimate of drug-likeness (QED) is 0.816. The molecule has 2 aliphatic rings. The lowest BCUT2D eigenvalue weighted by molar-refractivity contribution is 0.308. The molecule has 0 saturated carbocycles. The molecule has 4 heterocycles. The maximum absolute atomic E-state index is 4.45. The highest BCUT2D eigenvalue weighted by atomic mass is 79.9. The van der Waals surface area contributed by atoms with Gasteiger partial charge in [0, 0.05) is 38.8 Å². The first-order valence-corrected chi connectivity index (χ1v) is 8.47. The molecule has 2 aromatic rings. The summed E-state index contributed by atoms with van der Waals surface area (Å²) in [6.07, 6.45) is 5.98. The fourth-order valence-electron chi connectivity index (χ4n) is 3.29. The van der Waals surface area contributed by atoms with Crippen LogP contribution in [0.15, 0.2) is 22.9 Å². The van der Waals surface area contributed by atoms with Gasteiger partial charge in [-0.15, -0.1) is 5.10 Å². The van der Waals surface area contributed by atoms with Crippen LogP contribution in [0.3, 0.4) is 0 Å². The van der Waals surface area contributed by atoms with Crippen LogP contribution < -0.4 is 4.90 Å². The van der Waals surface area contributed by atoms with Crippen molar-refractivity contribution in [2.24, 2.45) is 0 Å². The Morgan fingerprint density at radius 1 is 1.27 bits per heavy atom. The first-order valence-electron chi connectivity index (χ1n) is 7.67. The Morgan fingerprint density at radius 3 is 3.00 bits per heavy atom. The molecule has 0 bridgehead atoms. The monoisotopic (exact) mass is 362 g/mol. The Morgan fingerprint density at radius 2 is 2.18 bits per heavy atom. The summed E-state index contributed by atoms with van der Waals surface area (Å²) in [6, 6.07) is 2.63. The van der Waals surface area contributed by atoms with Gasteiger partial charge in [-0.25, -0.2) is 0 Å². The van der Waals surface area contributed by atoms with Crippen molar-refractivity contribution in [1.82, 2.24) is 24.9 Å². The highest BCUT2D eigenvalue weighted by molar-refractivity contribution is 9.10. The van der Waals surface area contributed by atoms with Crippen molar-refractivity contribution in [3.05, 3.63) is 34.2 Å². The molecule has 0 radical (unpaired) electrons. The Hall–Kier alpha value is -1.47. The summed E-state index contributed by atoms with van der Waals surface area (Å²) in [4.78, 5) is 4.66. The highest BCUT2D eigenvalue weighted by Crippen LogP contribution is 2.27. The molecule has 7 heteroatoms. The first-order chi connectivity index (χ1) is 10.7. The normalized spacial score (nSPS) is 22.1. The smallest absolute Gasteiger partial charge is 0.151 e. The summed E-state index contributed by atoms with van der Waals surface area (Å²) in [7, 11) is 2.16. The number of rotatable bonds is 2. The molecule has 4 rings (SSSR count). The number of nitrogens with zero attached hydrogens (tertiary/aromatic N) is 6. The van der Waals surface area contributed by atoms with Crippen LogP contribution in [-0.2, 0) is 13.0 Å². The zero-order chi connectivity index (χ0) is 15.1. The van der Waals surface area contributed by atoms with Crippen molar-refractivity contribution in [2.75, 3.05) is 31.6 Å². The van der Waals surface area contributed by atoms with Gasteiger partial charge in [-0.05, 0) is 41.0 Å². The summed E-state index contributed by atoms with van der Waals surface area (Å²) in [5.41, 5.74) is 2.48. The minimum absolute atomic E-state index is 0.409. The van der Waals surface area contributed by atoms with E-state index >= 15 is 0 Å². The molecule has 0 aliphatic carbocycles. The fourth-order valence-corrected chi connectivity index (χ4v) is 3.59. The van der Waals surface area contributed by atoms with Crippen molar-refractivity contribution >= 4 is 21.7 Å². The average Bonchev–Trinajstić information content (AvgIpc) is 3.15. The van der Waals surface area contributed by atoms with Crippen LogP contribution >= 0.6 is 15.9 Å². The van der Waals surface area contributed by atoms with Gasteiger partial charge < -0.3 is 9.80 Å². The maximum Gasteiger partial charge on any atom is 0.151 e. The minimum atomic E-state index is 0.409. The van der Waals surface area contributed by atoms with Crippen LogP contribution in [0.2, 0.25) is 0 Å². The summed E-state index contributed by atoms with van der Waals surface area (Å²) in [5, 5.41) is 13.3. The van der Waals surface area contributed by atoms with E-state index in [-0.39, 0.29) is 0 Å².